The van der Waals surface area contributed by atoms with Crippen LogP contribution in [0.4, 0.5) is 10.5 Å². The lowest BCUT2D eigenvalue weighted by Gasteiger charge is -2.22. The van der Waals surface area contributed by atoms with E-state index in [1.165, 1.54) is 0 Å². The molecule has 0 radical (unpaired) electrons. The second-order valence-electron chi connectivity index (χ2n) is 6.48. The summed E-state index contributed by atoms with van der Waals surface area (Å²) in [5.41, 5.74) is 0.760. The number of hydrogen-bond acceptors (Lipinski definition) is 4. The van der Waals surface area contributed by atoms with Crippen molar-refractivity contribution in [2.45, 2.75) is 26.3 Å². The van der Waals surface area contributed by atoms with Gasteiger partial charge in [-0.15, -0.1) is 0 Å². The maximum Gasteiger partial charge on any atom is 0.315 e. The number of hydrogen-bond donors (Lipinski definition) is 2. The Bertz CT molecular complexity index is 632. The molecule has 7 heteroatoms. The van der Waals surface area contributed by atoms with Crippen LogP contribution >= 0.6 is 0 Å². The van der Waals surface area contributed by atoms with Crippen LogP contribution in [0.5, 0.6) is 11.5 Å². The first-order valence-electron chi connectivity index (χ1n) is 8.27. The largest absolute Gasteiger partial charge is 0.486 e. The summed E-state index contributed by atoms with van der Waals surface area (Å²) in [6.45, 7) is 6.16. The third-order valence-electron chi connectivity index (χ3n) is 3.97. The van der Waals surface area contributed by atoms with Crippen LogP contribution in [-0.2, 0) is 4.79 Å². The van der Waals surface area contributed by atoms with Crippen LogP contribution in [0.3, 0.4) is 0 Å². The summed E-state index contributed by atoms with van der Waals surface area (Å²) >= 11 is 0. The molecule has 0 aliphatic carbocycles. The van der Waals surface area contributed by atoms with Gasteiger partial charge in [-0.2, -0.15) is 0 Å². The smallest absolute Gasteiger partial charge is 0.315 e. The Balaban J connectivity index is 1.61. The predicted molar refractivity (Wildman–Crippen MR) is 89.6 cm³/mol. The van der Waals surface area contributed by atoms with Gasteiger partial charge in [0.15, 0.2) is 11.5 Å². The van der Waals surface area contributed by atoms with Gasteiger partial charge in [-0.3, -0.25) is 4.79 Å². The Kier molecular flexibility index (Phi) is 4.78. The summed E-state index contributed by atoms with van der Waals surface area (Å²) in [5, 5.41) is 5.66. The quantitative estimate of drug-likeness (QED) is 0.875. The first kappa shape index (κ1) is 16.4. The van der Waals surface area contributed by atoms with Crippen molar-refractivity contribution in [3.05, 3.63) is 18.2 Å². The minimum absolute atomic E-state index is 0.0131. The molecule has 130 valence electrons. The average molecular weight is 333 g/mol. The molecule has 3 rings (SSSR count). The molecule has 1 fully saturated rings. The van der Waals surface area contributed by atoms with E-state index in [1.807, 2.05) is 32.0 Å². The molecule has 0 unspecified atom stereocenters. The standard InChI is InChI=1S/C17H23N3O4/c1-11(2)9-18-17(22)19-12-7-16(21)20(10-12)13-3-4-14-15(8-13)24-6-5-23-14/h3-4,8,11-12H,5-7,9-10H2,1-2H3,(H2,18,19,22)/t12-/m1/s1. The van der Waals surface area contributed by atoms with Crippen LogP contribution in [0.25, 0.3) is 0 Å². The molecule has 0 saturated carbocycles. The van der Waals surface area contributed by atoms with Gasteiger partial charge in [-0.25, -0.2) is 4.79 Å². The maximum atomic E-state index is 12.3. The number of rotatable bonds is 4. The van der Waals surface area contributed by atoms with E-state index in [0.717, 1.165) is 5.69 Å². The molecule has 0 aromatic heterocycles. The van der Waals surface area contributed by atoms with Crippen LogP contribution in [0.2, 0.25) is 0 Å². The number of nitrogens with zero attached hydrogens (tertiary/aromatic N) is 1. The molecule has 2 aliphatic heterocycles. The molecule has 2 N–H and O–H groups in total. The zero-order valence-electron chi connectivity index (χ0n) is 14.0. The Morgan fingerprint density at radius 1 is 1.29 bits per heavy atom. The fraction of sp³-hybridized carbons (Fsp3) is 0.529. The van der Waals surface area contributed by atoms with Crippen molar-refractivity contribution in [1.29, 1.82) is 0 Å². The van der Waals surface area contributed by atoms with Crippen LogP contribution < -0.4 is 25.0 Å². The van der Waals surface area contributed by atoms with Crippen molar-refractivity contribution in [2.75, 3.05) is 31.2 Å². The van der Waals surface area contributed by atoms with Gasteiger partial charge in [0.2, 0.25) is 5.91 Å². The molecule has 3 amide bonds. The van der Waals surface area contributed by atoms with Gasteiger partial charge in [-0.05, 0) is 18.1 Å². The second kappa shape index (κ2) is 6.98. The zero-order valence-corrected chi connectivity index (χ0v) is 14.0. The van der Waals surface area contributed by atoms with Crippen molar-refractivity contribution in [3.8, 4) is 11.5 Å². The van der Waals surface area contributed by atoms with E-state index < -0.39 is 0 Å². The van der Waals surface area contributed by atoms with Crippen molar-refractivity contribution in [3.63, 3.8) is 0 Å². The minimum Gasteiger partial charge on any atom is -0.486 e. The molecule has 1 atom stereocenters. The monoisotopic (exact) mass is 333 g/mol. The second-order valence-corrected chi connectivity index (χ2v) is 6.48. The molecule has 2 heterocycles. The molecular formula is C17H23N3O4. The van der Waals surface area contributed by atoms with Gasteiger partial charge < -0.3 is 25.0 Å². The summed E-state index contributed by atoms with van der Waals surface area (Å²) in [6.07, 6.45) is 0.295. The van der Waals surface area contributed by atoms with Crippen molar-refractivity contribution >= 4 is 17.6 Å². The van der Waals surface area contributed by atoms with E-state index in [1.54, 1.807) is 4.90 Å². The Labute approximate surface area is 141 Å². The van der Waals surface area contributed by atoms with Crippen molar-refractivity contribution in [1.82, 2.24) is 10.6 Å². The number of amides is 3. The van der Waals surface area contributed by atoms with E-state index in [2.05, 4.69) is 10.6 Å². The highest BCUT2D eigenvalue weighted by molar-refractivity contribution is 5.97. The molecular weight excluding hydrogens is 310 g/mol. The Hall–Kier alpha value is -2.44. The van der Waals surface area contributed by atoms with E-state index in [9.17, 15) is 9.59 Å². The van der Waals surface area contributed by atoms with E-state index >= 15 is 0 Å². The molecule has 0 spiro atoms. The van der Waals surface area contributed by atoms with Gasteiger partial charge in [0, 0.05) is 31.3 Å². The average Bonchev–Trinajstić information content (AvgIpc) is 2.92. The van der Waals surface area contributed by atoms with Crippen LogP contribution in [0.1, 0.15) is 20.3 Å². The minimum atomic E-state index is -0.231. The number of nitrogens with one attached hydrogen (secondary N) is 2. The Morgan fingerprint density at radius 3 is 2.79 bits per heavy atom. The lowest BCUT2D eigenvalue weighted by Crippen LogP contribution is -2.44. The molecule has 1 aromatic rings. The van der Waals surface area contributed by atoms with Crippen LogP contribution in [-0.4, -0.2) is 44.3 Å². The maximum absolute atomic E-state index is 12.3. The fourth-order valence-electron chi connectivity index (χ4n) is 2.79. The number of benzene rings is 1. The highest BCUT2D eigenvalue weighted by atomic mass is 16.6. The van der Waals surface area contributed by atoms with E-state index in [4.69, 9.17) is 9.47 Å². The third-order valence-corrected chi connectivity index (χ3v) is 3.97. The van der Waals surface area contributed by atoms with Crippen LogP contribution in [0, 0.1) is 5.92 Å². The number of ether oxygens (including phenoxy) is 2. The number of carbonyl (C=O) groups is 2. The third kappa shape index (κ3) is 3.72. The van der Waals surface area contributed by atoms with E-state index in [-0.39, 0.29) is 18.0 Å². The molecule has 1 aromatic carbocycles. The first-order valence-corrected chi connectivity index (χ1v) is 8.27. The van der Waals surface area contributed by atoms with Gasteiger partial charge in [0.05, 0.1) is 6.04 Å². The van der Waals surface area contributed by atoms with Gasteiger partial charge in [0.1, 0.15) is 13.2 Å². The topological polar surface area (TPSA) is 79.9 Å². The number of urea groups is 1. The predicted octanol–water partition coefficient (Wildman–Crippen LogP) is 1.52. The Morgan fingerprint density at radius 2 is 2.04 bits per heavy atom. The lowest BCUT2D eigenvalue weighted by molar-refractivity contribution is -0.117. The highest BCUT2D eigenvalue weighted by Gasteiger charge is 2.32. The molecule has 7 nitrogen and oxygen atoms in total. The van der Waals surface area contributed by atoms with E-state index in [0.29, 0.717) is 50.1 Å². The molecule has 0 bridgehead atoms. The lowest BCUT2D eigenvalue weighted by atomic mass is 10.2. The van der Waals surface area contributed by atoms with Gasteiger partial charge >= 0.3 is 6.03 Å². The summed E-state index contributed by atoms with van der Waals surface area (Å²) in [5.74, 6) is 1.72. The molecule has 1 saturated heterocycles. The van der Waals surface area contributed by atoms with Crippen LogP contribution in [0.15, 0.2) is 18.2 Å². The highest BCUT2D eigenvalue weighted by Crippen LogP contribution is 2.35. The zero-order chi connectivity index (χ0) is 17.1. The first-order chi connectivity index (χ1) is 11.5. The summed E-state index contributed by atoms with van der Waals surface area (Å²) in [4.78, 5) is 25.8. The summed E-state index contributed by atoms with van der Waals surface area (Å²) in [6, 6.07) is 5.04. The molecule has 2 aliphatic rings. The summed E-state index contributed by atoms with van der Waals surface area (Å²) < 4.78 is 11.1. The normalized spacial score (nSPS) is 19.5. The van der Waals surface area contributed by atoms with Gasteiger partial charge in [-0.1, -0.05) is 13.8 Å². The van der Waals surface area contributed by atoms with Crippen molar-refractivity contribution in [2.24, 2.45) is 5.92 Å². The molecule has 24 heavy (non-hydrogen) atoms. The summed E-state index contributed by atoms with van der Waals surface area (Å²) in [7, 11) is 0. The number of fused-ring (bicyclic) bond motifs is 1. The van der Waals surface area contributed by atoms with Crippen molar-refractivity contribution < 1.29 is 19.1 Å². The SMILES string of the molecule is CC(C)CNC(=O)N[C@@H]1CC(=O)N(c2ccc3c(c2)OCCO3)C1. The van der Waals surface area contributed by atoms with Gasteiger partial charge in [0.25, 0.3) is 0 Å². The number of anilines is 1. The fourth-order valence-corrected chi connectivity index (χ4v) is 2.79. The number of carbonyl (C=O) groups excluding carboxylic acids is 2.